The molecule has 0 aliphatic heterocycles. The average molecular weight is 213 g/mol. The van der Waals surface area contributed by atoms with Crippen LogP contribution in [0.15, 0.2) is 29.3 Å². The van der Waals surface area contributed by atoms with Gasteiger partial charge in [-0.1, -0.05) is 29.8 Å². The molecule has 0 unspecified atom stereocenters. The Balaban J connectivity index is 2.58. The second-order valence-electron chi connectivity index (χ2n) is 2.66. The maximum absolute atomic E-state index is 5.96. The molecule has 0 spiro atoms. The number of aliphatic imine (C=N–C) groups is 1. The number of hydrogen-bond donors (Lipinski definition) is 3. The monoisotopic (exact) mass is 212 g/mol. The van der Waals surface area contributed by atoms with Crippen molar-refractivity contribution in [3.63, 3.8) is 0 Å². The Hall–Kier alpha value is -1.26. The molecular weight excluding hydrogens is 200 g/mol. The molecule has 0 saturated carbocycles. The van der Waals surface area contributed by atoms with Gasteiger partial charge in [-0.25, -0.2) is 5.84 Å². The molecule has 0 atom stereocenters. The molecule has 0 aliphatic carbocycles. The van der Waals surface area contributed by atoms with Crippen LogP contribution in [0.4, 0.5) is 0 Å². The molecule has 0 aliphatic rings. The van der Waals surface area contributed by atoms with Gasteiger partial charge in [0.25, 0.3) is 0 Å². The van der Waals surface area contributed by atoms with Gasteiger partial charge in [0.1, 0.15) is 0 Å². The van der Waals surface area contributed by atoms with Gasteiger partial charge in [-0.05, 0) is 11.6 Å². The molecule has 0 aromatic heterocycles. The van der Waals surface area contributed by atoms with Crippen molar-refractivity contribution in [2.24, 2.45) is 10.8 Å². The molecule has 1 aromatic carbocycles. The molecule has 5 heteroatoms. The molecule has 14 heavy (non-hydrogen) atoms. The zero-order valence-electron chi connectivity index (χ0n) is 7.92. The van der Waals surface area contributed by atoms with Crippen LogP contribution < -0.4 is 16.6 Å². The summed E-state index contributed by atoms with van der Waals surface area (Å²) in [5.41, 5.74) is 3.44. The highest BCUT2D eigenvalue weighted by Crippen LogP contribution is 2.13. The van der Waals surface area contributed by atoms with E-state index in [0.717, 1.165) is 10.6 Å². The minimum absolute atomic E-state index is 0.532. The van der Waals surface area contributed by atoms with Crippen LogP contribution in [0.2, 0.25) is 5.02 Å². The summed E-state index contributed by atoms with van der Waals surface area (Å²) in [4.78, 5) is 3.88. The summed E-state index contributed by atoms with van der Waals surface area (Å²) in [7, 11) is 1.65. The Kier molecular flexibility index (Phi) is 4.22. The fourth-order valence-electron chi connectivity index (χ4n) is 1.02. The summed E-state index contributed by atoms with van der Waals surface area (Å²) >= 11 is 5.96. The predicted molar refractivity (Wildman–Crippen MR) is 59.0 cm³/mol. The summed E-state index contributed by atoms with van der Waals surface area (Å²) in [6.07, 6.45) is 0. The molecule has 0 saturated heterocycles. The van der Waals surface area contributed by atoms with E-state index in [4.69, 9.17) is 17.4 Å². The maximum atomic E-state index is 5.96. The molecule has 76 valence electrons. The summed E-state index contributed by atoms with van der Waals surface area (Å²) < 4.78 is 0. The van der Waals surface area contributed by atoms with Crippen molar-refractivity contribution in [1.82, 2.24) is 10.7 Å². The van der Waals surface area contributed by atoms with Gasteiger partial charge in [-0.15, -0.1) is 0 Å². The second-order valence-corrected chi connectivity index (χ2v) is 3.07. The Labute approximate surface area is 88.1 Å². The van der Waals surface area contributed by atoms with E-state index >= 15 is 0 Å². The SMILES string of the molecule is CN=C(NN)NCc1ccccc1Cl. The van der Waals surface area contributed by atoms with Gasteiger partial charge in [-0.2, -0.15) is 0 Å². The van der Waals surface area contributed by atoms with Crippen molar-refractivity contribution in [3.8, 4) is 0 Å². The predicted octanol–water partition coefficient (Wildman–Crippen LogP) is 0.879. The van der Waals surface area contributed by atoms with E-state index in [2.05, 4.69) is 15.7 Å². The van der Waals surface area contributed by atoms with E-state index in [1.165, 1.54) is 0 Å². The number of halogens is 1. The van der Waals surface area contributed by atoms with Crippen LogP contribution in [-0.2, 0) is 6.54 Å². The summed E-state index contributed by atoms with van der Waals surface area (Å²) in [6, 6.07) is 7.61. The van der Waals surface area contributed by atoms with Gasteiger partial charge >= 0.3 is 0 Å². The number of nitrogens with one attached hydrogen (secondary N) is 2. The first-order chi connectivity index (χ1) is 6.77. The van der Waals surface area contributed by atoms with Crippen molar-refractivity contribution in [2.75, 3.05) is 7.05 Å². The summed E-state index contributed by atoms with van der Waals surface area (Å²) in [6.45, 7) is 0.594. The van der Waals surface area contributed by atoms with Gasteiger partial charge in [-0.3, -0.25) is 10.4 Å². The highest BCUT2D eigenvalue weighted by Gasteiger charge is 1.99. The summed E-state index contributed by atoms with van der Waals surface area (Å²) in [5.74, 6) is 5.74. The molecule has 0 fully saturated rings. The van der Waals surface area contributed by atoms with Gasteiger partial charge < -0.3 is 5.32 Å². The topological polar surface area (TPSA) is 62.4 Å². The minimum Gasteiger partial charge on any atom is -0.351 e. The van der Waals surface area contributed by atoms with E-state index in [1.807, 2.05) is 24.3 Å². The molecular formula is C9H13ClN4. The van der Waals surface area contributed by atoms with Gasteiger partial charge in [0.2, 0.25) is 5.96 Å². The van der Waals surface area contributed by atoms with E-state index in [1.54, 1.807) is 7.05 Å². The van der Waals surface area contributed by atoms with E-state index in [0.29, 0.717) is 12.5 Å². The molecule has 0 radical (unpaired) electrons. The zero-order chi connectivity index (χ0) is 10.4. The third kappa shape index (κ3) is 2.90. The number of guanidine groups is 1. The smallest absolute Gasteiger partial charge is 0.205 e. The van der Waals surface area contributed by atoms with Crippen LogP contribution in [-0.4, -0.2) is 13.0 Å². The minimum atomic E-state index is 0.532. The highest BCUT2D eigenvalue weighted by molar-refractivity contribution is 6.31. The molecule has 4 N–H and O–H groups in total. The Morgan fingerprint density at radius 1 is 1.50 bits per heavy atom. The van der Waals surface area contributed by atoms with Crippen LogP contribution in [0.1, 0.15) is 5.56 Å². The van der Waals surface area contributed by atoms with Gasteiger partial charge in [0.15, 0.2) is 0 Å². The number of nitrogens with two attached hydrogens (primary N) is 1. The quantitative estimate of drug-likeness (QED) is 0.295. The van der Waals surface area contributed by atoms with Gasteiger partial charge in [0, 0.05) is 18.6 Å². The lowest BCUT2D eigenvalue weighted by Crippen LogP contribution is -2.41. The third-order valence-electron chi connectivity index (χ3n) is 1.76. The van der Waals surface area contributed by atoms with E-state index in [9.17, 15) is 0 Å². The van der Waals surface area contributed by atoms with Crippen LogP contribution in [0.3, 0.4) is 0 Å². The van der Waals surface area contributed by atoms with Crippen LogP contribution in [0.5, 0.6) is 0 Å². The summed E-state index contributed by atoms with van der Waals surface area (Å²) in [5, 5.41) is 3.73. The maximum Gasteiger partial charge on any atom is 0.205 e. The van der Waals surface area contributed by atoms with Gasteiger partial charge in [0.05, 0.1) is 0 Å². The largest absolute Gasteiger partial charge is 0.351 e. The molecule has 1 rings (SSSR count). The van der Waals surface area contributed by atoms with E-state index in [-0.39, 0.29) is 0 Å². The molecule has 1 aromatic rings. The highest BCUT2D eigenvalue weighted by atomic mass is 35.5. The number of rotatable bonds is 2. The van der Waals surface area contributed by atoms with Crippen LogP contribution in [0, 0.1) is 0 Å². The first-order valence-corrected chi connectivity index (χ1v) is 4.56. The lowest BCUT2D eigenvalue weighted by Gasteiger charge is -2.08. The Morgan fingerprint density at radius 3 is 2.79 bits per heavy atom. The molecule has 4 nitrogen and oxygen atoms in total. The Bertz CT molecular complexity index is 324. The second kappa shape index (κ2) is 5.47. The fraction of sp³-hybridized carbons (Fsp3) is 0.222. The number of hydrazine groups is 1. The van der Waals surface area contributed by atoms with Crippen LogP contribution in [0.25, 0.3) is 0 Å². The number of nitrogens with zero attached hydrogens (tertiary/aromatic N) is 1. The van der Waals surface area contributed by atoms with Crippen molar-refractivity contribution in [2.45, 2.75) is 6.54 Å². The standard InChI is InChI=1S/C9H13ClN4/c1-12-9(14-11)13-6-7-4-2-3-5-8(7)10/h2-5H,6,11H2,1H3,(H2,12,13,14). The fourth-order valence-corrected chi connectivity index (χ4v) is 1.22. The first kappa shape index (κ1) is 10.8. The van der Waals surface area contributed by atoms with E-state index < -0.39 is 0 Å². The lowest BCUT2D eigenvalue weighted by atomic mass is 10.2. The normalized spacial score (nSPS) is 11.2. The van der Waals surface area contributed by atoms with Crippen molar-refractivity contribution >= 4 is 17.6 Å². The molecule has 0 amide bonds. The molecule has 0 heterocycles. The number of benzene rings is 1. The first-order valence-electron chi connectivity index (χ1n) is 4.18. The van der Waals surface area contributed by atoms with Crippen molar-refractivity contribution < 1.29 is 0 Å². The van der Waals surface area contributed by atoms with Crippen molar-refractivity contribution in [1.29, 1.82) is 0 Å². The Morgan fingerprint density at radius 2 is 2.21 bits per heavy atom. The zero-order valence-corrected chi connectivity index (χ0v) is 8.67. The lowest BCUT2D eigenvalue weighted by molar-refractivity contribution is 0.840. The third-order valence-corrected chi connectivity index (χ3v) is 2.13. The molecule has 0 bridgehead atoms. The van der Waals surface area contributed by atoms with Crippen molar-refractivity contribution in [3.05, 3.63) is 34.9 Å². The average Bonchev–Trinajstić information content (AvgIpc) is 2.22. The number of hydrogen-bond acceptors (Lipinski definition) is 2. The van der Waals surface area contributed by atoms with Crippen LogP contribution >= 0.6 is 11.6 Å².